The van der Waals surface area contributed by atoms with E-state index in [1.54, 1.807) is 0 Å². The van der Waals surface area contributed by atoms with Crippen molar-refractivity contribution < 1.29 is 13.2 Å². The van der Waals surface area contributed by atoms with Crippen molar-refractivity contribution in [2.24, 2.45) is 0 Å². The Bertz CT molecular complexity index is 754. The molecule has 0 saturated carbocycles. The Balaban J connectivity index is 0.00000243. The largest absolute Gasteiger partial charge is 0.325 e. The summed E-state index contributed by atoms with van der Waals surface area (Å²) in [5.74, 6) is -0.254. The Hall–Kier alpha value is -0.900. The number of hydrogen-bond acceptors (Lipinski definition) is 5. The summed E-state index contributed by atoms with van der Waals surface area (Å²) < 4.78 is 27.3. The molecule has 0 bridgehead atoms. The summed E-state index contributed by atoms with van der Waals surface area (Å²) in [5.41, 5.74) is 0.410. The first kappa shape index (κ1) is 21.4. The van der Waals surface area contributed by atoms with Gasteiger partial charge in [0, 0.05) is 52.2 Å². The highest BCUT2D eigenvalue weighted by Gasteiger charge is 2.35. The molecule has 0 aliphatic carbocycles. The van der Waals surface area contributed by atoms with Crippen LogP contribution in [0.5, 0.6) is 0 Å². The summed E-state index contributed by atoms with van der Waals surface area (Å²) in [6, 6.07) is 4.69. The first-order valence-electron chi connectivity index (χ1n) is 8.40. The van der Waals surface area contributed by atoms with Crippen molar-refractivity contribution in [2.75, 3.05) is 44.6 Å². The van der Waals surface area contributed by atoms with Crippen molar-refractivity contribution in [3.05, 3.63) is 23.2 Å². The molecule has 0 spiro atoms. The normalized spacial score (nSPS) is 22.0. The molecule has 146 valence electrons. The predicted molar refractivity (Wildman–Crippen MR) is 105 cm³/mol. The average molecular weight is 423 g/mol. The fourth-order valence-electron chi connectivity index (χ4n) is 3.37. The van der Waals surface area contributed by atoms with Crippen LogP contribution in [0, 0.1) is 0 Å². The van der Waals surface area contributed by atoms with Crippen LogP contribution in [0.2, 0.25) is 5.02 Å². The Morgan fingerprint density at radius 2 is 1.96 bits per heavy atom. The average Bonchev–Trinajstić information content (AvgIpc) is 3.08. The minimum atomic E-state index is -3.58. The second-order valence-corrected chi connectivity index (χ2v) is 8.76. The second kappa shape index (κ2) is 8.86. The van der Waals surface area contributed by atoms with Gasteiger partial charge in [0.15, 0.2) is 0 Å². The van der Waals surface area contributed by atoms with Gasteiger partial charge in [-0.15, -0.1) is 12.4 Å². The maximum absolute atomic E-state index is 12.9. The third-order valence-corrected chi connectivity index (χ3v) is 6.86. The monoisotopic (exact) mass is 422 g/mol. The van der Waals surface area contributed by atoms with Crippen LogP contribution in [-0.2, 0) is 14.8 Å². The van der Waals surface area contributed by atoms with Crippen LogP contribution in [0.15, 0.2) is 23.1 Å². The number of piperazine rings is 1. The van der Waals surface area contributed by atoms with Gasteiger partial charge in [0.2, 0.25) is 15.9 Å². The smallest absolute Gasteiger partial charge is 0.243 e. The molecule has 1 aromatic carbocycles. The van der Waals surface area contributed by atoms with Crippen LogP contribution in [0.1, 0.15) is 13.3 Å². The molecule has 3 rings (SSSR count). The number of amides is 1. The number of hydrogen-bond donors (Lipinski definition) is 2. The Labute approximate surface area is 165 Å². The molecule has 1 unspecified atom stereocenters. The Morgan fingerprint density at radius 3 is 2.58 bits per heavy atom. The van der Waals surface area contributed by atoms with Gasteiger partial charge < -0.3 is 10.6 Å². The van der Waals surface area contributed by atoms with Crippen LogP contribution < -0.4 is 10.6 Å². The molecule has 2 aliphatic rings. The predicted octanol–water partition coefficient (Wildman–Crippen LogP) is 1.39. The number of sulfonamides is 1. The van der Waals surface area contributed by atoms with Crippen molar-refractivity contribution in [3.63, 3.8) is 0 Å². The molecular formula is C16H24Cl2N4O3S. The summed E-state index contributed by atoms with van der Waals surface area (Å²) in [4.78, 5) is 13.7. The molecule has 2 N–H and O–H groups in total. The molecule has 0 radical (unpaired) electrons. The van der Waals surface area contributed by atoms with Gasteiger partial charge in [0.25, 0.3) is 0 Å². The first-order valence-corrected chi connectivity index (χ1v) is 10.2. The van der Waals surface area contributed by atoms with Crippen LogP contribution in [0.4, 0.5) is 5.69 Å². The molecule has 10 heteroatoms. The lowest BCUT2D eigenvalue weighted by Gasteiger charge is -2.32. The van der Waals surface area contributed by atoms with Crippen LogP contribution >= 0.6 is 24.0 Å². The van der Waals surface area contributed by atoms with E-state index < -0.39 is 10.0 Å². The molecule has 7 nitrogen and oxygen atoms in total. The SMILES string of the molecule is CC(=O)Nc1ccc(S(=O)(=O)N2CCC(N3CCNCC3)C2)cc1Cl.Cl. The third kappa shape index (κ3) is 4.68. The molecule has 1 amide bonds. The van der Waals surface area contributed by atoms with E-state index in [9.17, 15) is 13.2 Å². The van der Waals surface area contributed by atoms with Crippen molar-refractivity contribution in [1.29, 1.82) is 0 Å². The number of benzene rings is 1. The zero-order valence-electron chi connectivity index (χ0n) is 14.6. The van der Waals surface area contributed by atoms with Crippen LogP contribution in [0.25, 0.3) is 0 Å². The molecule has 0 aromatic heterocycles. The zero-order chi connectivity index (χ0) is 18.0. The van der Waals surface area contributed by atoms with Gasteiger partial charge >= 0.3 is 0 Å². The summed E-state index contributed by atoms with van der Waals surface area (Å²) in [5, 5.41) is 6.11. The van der Waals surface area contributed by atoms with E-state index in [1.807, 2.05) is 0 Å². The molecule has 1 atom stereocenters. The number of nitrogens with zero attached hydrogens (tertiary/aromatic N) is 2. The number of carbonyl (C=O) groups excluding carboxylic acids is 1. The quantitative estimate of drug-likeness (QED) is 0.765. The highest BCUT2D eigenvalue weighted by molar-refractivity contribution is 7.89. The molecule has 1 aromatic rings. The van der Waals surface area contributed by atoms with Gasteiger partial charge in [-0.05, 0) is 24.6 Å². The zero-order valence-corrected chi connectivity index (χ0v) is 17.0. The van der Waals surface area contributed by atoms with Gasteiger partial charge in [0.1, 0.15) is 0 Å². The van der Waals surface area contributed by atoms with E-state index in [2.05, 4.69) is 15.5 Å². The van der Waals surface area contributed by atoms with Gasteiger partial charge in [-0.3, -0.25) is 9.69 Å². The summed E-state index contributed by atoms with van der Waals surface area (Å²) in [6.07, 6.45) is 0.844. The Morgan fingerprint density at radius 1 is 1.27 bits per heavy atom. The summed E-state index contributed by atoms with van der Waals surface area (Å²) >= 11 is 6.12. The number of anilines is 1. The highest BCUT2D eigenvalue weighted by Crippen LogP contribution is 2.29. The van der Waals surface area contributed by atoms with Crippen molar-refractivity contribution in [2.45, 2.75) is 24.3 Å². The summed E-state index contributed by atoms with van der Waals surface area (Å²) in [7, 11) is -3.58. The molecule has 2 fully saturated rings. The van der Waals surface area contributed by atoms with Crippen molar-refractivity contribution in [1.82, 2.24) is 14.5 Å². The van der Waals surface area contributed by atoms with Gasteiger partial charge in [-0.1, -0.05) is 11.6 Å². The van der Waals surface area contributed by atoms with Crippen LogP contribution in [0.3, 0.4) is 0 Å². The topological polar surface area (TPSA) is 81.8 Å². The number of carbonyl (C=O) groups is 1. The number of halogens is 2. The van der Waals surface area contributed by atoms with E-state index in [0.29, 0.717) is 18.8 Å². The lowest BCUT2D eigenvalue weighted by atomic mass is 10.2. The van der Waals surface area contributed by atoms with E-state index in [4.69, 9.17) is 11.6 Å². The maximum atomic E-state index is 12.9. The van der Waals surface area contributed by atoms with E-state index in [-0.39, 0.29) is 34.3 Å². The molecule has 2 aliphatic heterocycles. The Kier molecular flexibility index (Phi) is 7.29. The first-order chi connectivity index (χ1) is 11.9. The second-order valence-electron chi connectivity index (χ2n) is 6.41. The molecule has 26 heavy (non-hydrogen) atoms. The van der Waals surface area contributed by atoms with Gasteiger partial charge in [-0.2, -0.15) is 4.31 Å². The molecule has 2 heterocycles. The minimum Gasteiger partial charge on any atom is -0.325 e. The lowest BCUT2D eigenvalue weighted by Crippen LogP contribution is -2.49. The third-order valence-electron chi connectivity index (χ3n) is 4.68. The molecule has 2 saturated heterocycles. The number of nitrogens with one attached hydrogen (secondary N) is 2. The fraction of sp³-hybridized carbons (Fsp3) is 0.562. The van der Waals surface area contributed by atoms with Gasteiger partial charge in [0.05, 0.1) is 15.6 Å². The number of rotatable bonds is 4. The van der Waals surface area contributed by atoms with Crippen LogP contribution in [-0.4, -0.2) is 68.8 Å². The lowest BCUT2D eigenvalue weighted by molar-refractivity contribution is -0.114. The maximum Gasteiger partial charge on any atom is 0.243 e. The minimum absolute atomic E-state index is 0. The van der Waals surface area contributed by atoms with E-state index in [1.165, 1.54) is 29.4 Å². The van der Waals surface area contributed by atoms with E-state index in [0.717, 1.165) is 32.6 Å². The highest BCUT2D eigenvalue weighted by atomic mass is 35.5. The standard InChI is InChI=1S/C16H23ClN4O3S.ClH/c1-12(22)19-16-3-2-14(10-15(16)17)25(23,24)21-7-4-13(11-21)20-8-5-18-6-9-20;/h2-3,10,13,18H,4-9,11H2,1H3,(H,19,22);1H. The fourth-order valence-corrected chi connectivity index (χ4v) is 5.18. The summed E-state index contributed by atoms with van der Waals surface area (Å²) in [6.45, 7) is 6.20. The van der Waals surface area contributed by atoms with Crippen molar-refractivity contribution in [3.8, 4) is 0 Å². The molecular weight excluding hydrogens is 399 g/mol. The van der Waals surface area contributed by atoms with Crippen molar-refractivity contribution >= 4 is 45.6 Å². The van der Waals surface area contributed by atoms with Gasteiger partial charge in [-0.25, -0.2) is 8.42 Å². The van der Waals surface area contributed by atoms with E-state index >= 15 is 0 Å².